The van der Waals surface area contributed by atoms with Gasteiger partial charge in [0.25, 0.3) is 5.91 Å². The lowest BCUT2D eigenvalue weighted by molar-refractivity contribution is -0.145. The summed E-state index contributed by atoms with van der Waals surface area (Å²) in [5.74, 6) is 0.00708. The molecular formula is C22H28N4O2. The summed E-state index contributed by atoms with van der Waals surface area (Å²) in [6, 6.07) is 12.1. The van der Waals surface area contributed by atoms with Gasteiger partial charge in [0.1, 0.15) is 5.54 Å². The van der Waals surface area contributed by atoms with Crippen molar-refractivity contribution in [3.8, 4) is 0 Å². The predicted octanol–water partition coefficient (Wildman–Crippen LogP) is 2.57. The van der Waals surface area contributed by atoms with Crippen LogP contribution in [0.5, 0.6) is 0 Å². The second kappa shape index (κ2) is 7.41. The lowest BCUT2D eigenvalue weighted by Crippen LogP contribution is -2.61. The van der Waals surface area contributed by atoms with Crippen molar-refractivity contribution in [3.63, 3.8) is 0 Å². The van der Waals surface area contributed by atoms with Gasteiger partial charge in [-0.3, -0.25) is 14.3 Å². The van der Waals surface area contributed by atoms with Crippen LogP contribution < -0.4 is 0 Å². The van der Waals surface area contributed by atoms with Crippen LogP contribution in [0.2, 0.25) is 0 Å². The standard InChI is InChI=1S/C22H28N4O2/c1-17-16-19(23-24(17)2)20(27)26-14-7-12-22(26)11-6-13-25(21(22)28)15-10-18-8-4-3-5-9-18/h3-5,8-9,16H,6-7,10-15H2,1-2H3. The van der Waals surface area contributed by atoms with Crippen molar-refractivity contribution in [3.05, 3.63) is 53.3 Å². The largest absolute Gasteiger partial charge is 0.340 e. The van der Waals surface area contributed by atoms with Crippen molar-refractivity contribution >= 4 is 11.8 Å². The van der Waals surface area contributed by atoms with Crippen molar-refractivity contribution in [2.75, 3.05) is 19.6 Å². The highest BCUT2D eigenvalue weighted by molar-refractivity contribution is 5.99. The summed E-state index contributed by atoms with van der Waals surface area (Å²) in [4.78, 5) is 30.5. The lowest BCUT2D eigenvalue weighted by atomic mass is 9.85. The lowest BCUT2D eigenvalue weighted by Gasteiger charge is -2.44. The molecule has 2 aliphatic heterocycles. The van der Waals surface area contributed by atoms with Crippen molar-refractivity contribution in [2.24, 2.45) is 7.05 Å². The number of hydrogen-bond donors (Lipinski definition) is 0. The molecule has 148 valence electrons. The average molecular weight is 380 g/mol. The number of benzene rings is 1. The van der Waals surface area contributed by atoms with Crippen LogP contribution in [0.4, 0.5) is 0 Å². The molecule has 2 fully saturated rings. The maximum absolute atomic E-state index is 13.5. The van der Waals surface area contributed by atoms with E-state index in [1.54, 1.807) is 4.68 Å². The molecule has 28 heavy (non-hydrogen) atoms. The second-order valence-electron chi connectivity index (χ2n) is 8.02. The molecule has 1 spiro atoms. The summed E-state index contributed by atoms with van der Waals surface area (Å²) in [5.41, 5.74) is 1.93. The Kier molecular flexibility index (Phi) is 4.96. The Morgan fingerprint density at radius 1 is 1.14 bits per heavy atom. The maximum atomic E-state index is 13.5. The van der Waals surface area contributed by atoms with Crippen molar-refractivity contribution in [1.29, 1.82) is 0 Å². The van der Waals surface area contributed by atoms with Crippen molar-refractivity contribution < 1.29 is 9.59 Å². The van der Waals surface area contributed by atoms with E-state index >= 15 is 0 Å². The molecule has 2 amide bonds. The molecule has 0 radical (unpaired) electrons. The zero-order chi connectivity index (χ0) is 19.7. The Morgan fingerprint density at radius 3 is 2.54 bits per heavy atom. The van der Waals surface area contributed by atoms with Gasteiger partial charge in [0.15, 0.2) is 5.69 Å². The van der Waals surface area contributed by atoms with E-state index in [1.807, 2.05) is 48.0 Å². The highest BCUT2D eigenvalue weighted by Gasteiger charge is 2.53. The third-order valence-corrected chi connectivity index (χ3v) is 6.28. The fraction of sp³-hybridized carbons (Fsp3) is 0.500. The molecule has 4 rings (SSSR count). The van der Waals surface area contributed by atoms with E-state index in [2.05, 4.69) is 17.2 Å². The molecule has 2 saturated heterocycles. The molecule has 0 bridgehead atoms. The van der Waals surface area contributed by atoms with Gasteiger partial charge in [-0.15, -0.1) is 0 Å². The first-order valence-corrected chi connectivity index (χ1v) is 10.2. The smallest absolute Gasteiger partial charge is 0.275 e. The molecule has 2 aliphatic rings. The van der Waals surface area contributed by atoms with Crippen LogP contribution >= 0.6 is 0 Å². The van der Waals surface area contributed by atoms with Gasteiger partial charge in [-0.05, 0) is 50.7 Å². The minimum Gasteiger partial charge on any atom is -0.340 e. The Labute approximate surface area is 166 Å². The highest BCUT2D eigenvalue weighted by Crippen LogP contribution is 2.39. The minimum atomic E-state index is -0.683. The number of piperidine rings is 1. The predicted molar refractivity (Wildman–Crippen MR) is 107 cm³/mol. The molecular weight excluding hydrogens is 352 g/mol. The fourth-order valence-electron chi connectivity index (χ4n) is 4.65. The number of amides is 2. The number of hydrogen-bond acceptors (Lipinski definition) is 3. The van der Waals surface area contributed by atoms with E-state index in [9.17, 15) is 9.59 Å². The second-order valence-corrected chi connectivity index (χ2v) is 8.02. The summed E-state index contributed by atoms with van der Waals surface area (Å²) in [6.07, 6.45) is 4.16. The molecule has 2 aromatic rings. The molecule has 0 saturated carbocycles. The summed E-state index contributed by atoms with van der Waals surface area (Å²) in [5, 5.41) is 4.35. The van der Waals surface area contributed by atoms with E-state index in [0.29, 0.717) is 18.8 Å². The van der Waals surface area contributed by atoms with Crippen LogP contribution in [0.25, 0.3) is 0 Å². The highest BCUT2D eigenvalue weighted by atomic mass is 16.2. The van der Waals surface area contributed by atoms with E-state index < -0.39 is 5.54 Å². The number of carbonyl (C=O) groups excluding carboxylic acids is 2. The Morgan fingerprint density at radius 2 is 1.86 bits per heavy atom. The van der Waals surface area contributed by atoms with Gasteiger partial charge in [-0.1, -0.05) is 30.3 Å². The Bertz CT molecular complexity index is 856. The molecule has 1 atom stereocenters. The normalized spacial score (nSPS) is 22.3. The van der Waals surface area contributed by atoms with Crippen LogP contribution in [-0.2, 0) is 18.3 Å². The quantitative estimate of drug-likeness (QED) is 0.819. The molecule has 1 aromatic heterocycles. The van der Waals surface area contributed by atoms with Gasteiger partial charge in [0.05, 0.1) is 0 Å². The fourth-order valence-corrected chi connectivity index (χ4v) is 4.65. The van der Waals surface area contributed by atoms with Crippen LogP contribution in [-0.4, -0.2) is 56.6 Å². The number of rotatable bonds is 4. The third kappa shape index (κ3) is 3.21. The van der Waals surface area contributed by atoms with E-state index in [0.717, 1.165) is 44.3 Å². The SMILES string of the molecule is Cc1cc(C(=O)N2CCCC23CCCN(CCc2ccccc2)C3=O)nn1C. The first-order valence-electron chi connectivity index (χ1n) is 10.2. The van der Waals surface area contributed by atoms with Gasteiger partial charge >= 0.3 is 0 Å². The van der Waals surface area contributed by atoms with Crippen molar-refractivity contribution in [2.45, 2.75) is 44.6 Å². The molecule has 0 aliphatic carbocycles. The molecule has 3 heterocycles. The van der Waals surface area contributed by atoms with E-state index in [1.165, 1.54) is 5.56 Å². The summed E-state index contributed by atoms with van der Waals surface area (Å²) in [7, 11) is 1.84. The monoisotopic (exact) mass is 380 g/mol. The van der Waals surface area contributed by atoms with Crippen LogP contribution in [0.3, 0.4) is 0 Å². The first kappa shape index (κ1) is 18.7. The van der Waals surface area contributed by atoms with Crippen molar-refractivity contribution in [1.82, 2.24) is 19.6 Å². The number of nitrogens with zero attached hydrogens (tertiary/aromatic N) is 4. The van der Waals surface area contributed by atoms with Crippen LogP contribution in [0.15, 0.2) is 36.4 Å². The molecule has 6 heteroatoms. The topological polar surface area (TPSA) is 58.4 Å². The molecule has 6 nitrogen and oxygen atoms in total. The zero-order valence-electron chi connectivity index (χ0n) is 16.7. The minimum absolute atomic E-state index is 0.112. The van der Waals surface area contributed by atoms with Gasteiger partial charge in [0, 0.05) is 32.4 Å². The van der Waals surface area contributed by atoms with Gasteiger partial charge < -0.3 is 9.80 Å². The summed E-state index contributed by atoms with van der Waals surface area (Å²) >= 11 is 0. The molecule has 1 aromatic carbocycles. The Hall–Kier alpha value is -2.63. The molecule has 1 unspecified atom stereocenters. The first-order chi connectivity index (χ1) is 13.5. The summed E-state index contributed by atoms with van der Waals surface area (Å²) < 4.78 is 1.71. The van der Waals surface area contributed by atoms with Gasteiger partial charge in [-0.25, -0.2) is 0 Å². The maximum Gasteiger partial charge on any atom is 0.275 e. The van der Waals surface area contributed by atoms with Crippen LogP contribution in [0.1, 0.15) is 47.4 Å². The summed E-state index contributed by atoms with van der Waals surface area (Å²) in [6.45, 7) is 4.04. The van der Waals surface area contributed by atoms with Crippen LogP contribution in [0, 0.1) is 6.92 Å². The number of carbonyl (C=O) groups is 2. The molecule has 0 N–H and O–H groups in total. The average Bonchev–Trinajstić information content (AvgIpc) is 3.27. The zero-order valence-corrected chi connectivity index (χ0v) is 16.7. The number of likely N-dealkylation sites (tertiary alicyclic amines) is 2. The van der Waals surface area contributed by atoms with Gasteiger partial charge in [0.2, 0.25) is 5.91 Å². The number of aryl methyl sites for hydroxylation is 2. The van der Waals surface area contributed by atoms with E-state index in [4.69, 9.17) is 0 Å². The number of aromatic nitrogens is 2. The third-order valence-electron chi connectivity index (χ3n) is 6.28. The van der Waals surface area contributed by atoms with E-state index in [-0.39, 0.29) is 11.8 Å². The van der Waals surface area contributed by atoms with Gasteiger partial charge in [-0.2, -0.15) is 5.10 Å². The Balaban J connectivity index is 1.53.